The molecule has 1 fully saturated rings. The first-order valence-electron chi connectivity index (χ1n) is 7.54. The Morgan fingerprint density at radius 1 is 1.21 bits per heavy atom. The molecule has 0 saturated carbocycles. The van der Waals surface area contributed by atoms with Crippen molar-refractivity contribution < 1.29 is 14.0 Å². The molecule has 4 nitrogen and oxygen atoms in total. The van der Waals surface area contributed by atoms with Crippen molar-refractivity contribution in [3.8, 4) is 6.07 Å². The molecule has 0 spiro atoms. The highest BCUT2D eigenvalue weighted by Gasteiger charge is 2.49. The van der Waals surface area contributed by atoms with Gasteiger partial charge in [-0.15, -0.1) is 0 Å². The van der Waals surface area contributed by atoms with E-state index in [2.05, 4.69) is 0 Å². The highest BCUT2D eigenvalue weighted by Crippen LogP contribution is 2.37. The number of likely N-dealkylation sites (tertiary alicyclic amines) is 1. The van der Waals surface area contributed by atoms with Gasteiger partial charge >= 0.3 is 0 Å². The van der Waals surface area contributed by atoms with E-state index in [-0.39, 0.29) is 30.3 Å². The van der Waals surface area contributed by atoms with Gasteiger partial charge < -0.3 is 0 Å². The SMILES string of the molecule is C[C@@]1(c2ccccc2)CC(=O)N(Cc2ccc(F)cc2C#N)C1=O. The molecule has 0 N–H and O–H groups in total. The van der Waals surface area contributed by atoms with E-state index in [9.17, 15) is 14.0 Å². The van der Waals surface area contributed by atoms with Crippen LogP contribution in [0.2, 0.25) is 0 Å². The number of carbonyl (C=O) groups excluding carboxylic acids is 2. The number of hydrogen-bond donors (Lipinski definition) is 0. The van der Waals surface area contributed by atoms with Crippen LogP contribution in [0.25, 0.3) is 0 Å². The summed E-state index contributed by atoms with van der Waals surface area (Å²) >= 11 is 0. The molecule has 1 saturated heterocycles. The largest absolute Gasteiger partial charge is 0.277 e. The first-order chi connectivity index (χ1) is 11.5. The van der Waals surface area contributed by atoms with Gasteiger partial charge in [0.15, 0.2) is 0 Å². The van der Waals surface area contributed by atoms with Crippen LogP contribution in [0, 0.1) is 17.1 Å². The van der Waals surface area contributed by atoms with Gasteiger partial charge in [0.2, 0.25) is 11.8 Å². The third-order valence-corrected chi connectivity index (χ3v) is 4.45. The lowest BCUT2D eigenvalue weighted by atomic mass is 9.81. The number of benzene rings is 2. The van der Waals surface area contributed by atoms with E-state index in [1.54, 1.807) is 6.92 Å². The Morgan fingerprint density at radius 2 is 1.92 bits per heavy atom. The average molecular weight is 322 g/mol. The van der Waals surface area contributed by atoms with Crippen LogP contribution in [-0.2, 0) is 21.5 Å². The molecular weight excluding hydrogens is 307 g/mol. The third kappa shape index (κ3) is 2.56. The molecule has 120 valence electrons. The summed E-state index contributed by atoms with van der Waals surface area (Å²) in [6.45, 7) is 1.72. The van der Waals surface area contributed by atoms with Crippen molar-refractivity contribution in [3.05, 3.63) is 71.0 Å². The van der Waals surface area contributed by atoms with Crippen LogP contribution in [0.15, 0.2) is 48.5 Å². The molecule has 2 aromatic carbocycles. The zero-order valence-electron chi connectivity index (χ0n) is 13.1. The summed E-state index contributed by atoms with van der Waals surface area (Å²) in [6.07, 6.45) is 0.0823. The predicted octanol–water partition coefficient (Wildman–Crippen LogP) is 2.91. The Morgan fingerprint density at radius 3 is 2.58 bits per heavy atom. The minimum atomic E-state index is -0.912. The van der Waals surface area contributed by atoms with Crippen molar-refractivity contribution in [2.45, 2.75) is 25.3 Å². The van der Waals surface area contributed by atoms with Gasteiger partial charge in [-0.05, 0) is 30.2 Å². The number of carbonyl (C=O) groups is 2. The van der Waals surface area contributed by atoms with Crippen LogP contribution >= 0.6 is 0 Å². The van der Waals surface area contributed by atoms with E-state index in [4.69, 9.17) is 5.26 Å². The second-order valence-corrected chi connectivity index (χ2v) is 6.07. The first kappa shape index (κ1) is 15.9. The quantitative estimate of drug-likeness (QED) is 0.816. The molecule has 24 heavy (non-hydrogen) atoms. The summed E-state index contributed by atoms with van der Waals surface area (Å²) in [7, 11) is 0. The molecule has 5 heteroatoms. The average Bonchev–Trinajstić information content (AvgIpc) is 2.81. The van der Waals surface area contributed by atoms with Gasteiger partial charge in [-0.25, -0.2) is 4.39 Å². The van der Waals surface area contributed by atoms with Gasteiger partial charge in [-0.3, -0.25) is 14.5 Å². The van der Waals surface area contributed by atoms with Gasteiger partial charge in [0.05, 0.1) is 23.6 Å². The fraction of sp³-hybridized carbons (Fsp3) is 0.211. The Labute approximate surface area is 139 Å². The van der Waals surface area contributed by atoms with Crippen LogP contribution in [-0.4, -0.2) is 16.7 Å². The van der Waals surface area contributed by atoms with E-state index in [1.165, 1.54) is 12.1 Å². The second kappa shape index (κ2) is 5.89. The third-order valence-electron chi connectivity index (χ3n) is 4.45. The molecule has 0 aliphatic carbocycles. The number of rotatable bonds is 3. The zero-order chi connectivity index (χ0) is 17.3. The highest BCUT2D eigenvalue weighted by molar-refractivity contribution is 6.08. The number of nitriles is 1. The van der Waals surface area contributed by atoms with Crippen molar-refractivity contribution >= 4 is 11.8 Å². The van der Waals surface area contributed by atoms with E-state index in [0.717, 1.165) is 16.5 Å². The molecule has 1 aliphatic rings. The summed E-state index contributed by atoms with van der Waals surface area (Å²) in [5, 5.41) is 9.12. The summed E-state index contributed by atoms with van der Waals surface area (Å²) < 4.78 is 13.2. The summed E-state index contributed by atoms with van der Waals surface area (Å²) in [5.41, 5.74) is 0.456. The second-order valence-electron chi connectivity index (χ2n) is 6.07. The lowest BCUT2D eigenvalue weighted by molar-refractivity contribution is -0.140. The molecule has 0 radical (unpaired) electrons. The van der Waals surface area contributed by atoms with Crippen LogP contribution < -0.4 is 0 Å². The topological polar surface area (TPSA) is 61.2 Å². The van der Waals surface area contributed by atoms with Gasteiger partial charge in [-0.2, -0.15) is 5.26 Å². The molecule has 0 bridgehead atoms. The minimum Gasteiger partial charge on any atom is -0.277 e. The number of hydrogen-bond acceptors (Lipinski definition) is 3. The Hall–Kier alpha value is -3.00. The van der Waals surface area contributed by atoms with E-state index < -0.39 is 11.2 Å². The molecule has 3 rings (SSSR count). The molecule has 1 aliphatic heterocycles. The summed E-state index contributed by atoms with van der Waals surface area (Å²) in [5.74, 6) is -1.12. The first-order valence-corrected chi connectivity index (χ1v) is 7.54. The molecule has 2 aromatic rings. The predicted molar refractivity (Wildman–Crippen MR) is 85.1 cm³/mol. The minimum absolute atomic E-state index is 0.0245. The number of halogens is 1. The molecule has 2 amide bonds. The lowest BCUT2D eigenvalue weighted by Crippen LogP contribution is -2.36. The van der Waals surface area contributed by atoms with Gasteiger partial charge in [0.25, 0.3) is 0 Å². The van der Waals surface area contributed by atoms with Crippen molar-refractivity contribution in [2.75, 3.05) is 0 Å². The van der Waals surface area contributed by atoms with E-state index >= 15 is 0 Å². The maximum atomic E-state index is 13.2. The molecule has 0 unspecified atom stereocenters. The normalized spacial score (nSPS) is 20.3. The molecule has 1 atom stereocenters. The van der Waals surface area contributed by atoms with Crippen molar-refractivity contribution in [2.24, 2.45) is 0 Å². The van der Waals surface area contributed by atoms with Crippen molar-refractivity contribution in [3.63, 3.8) is 0 Å². The number of nitrogens with zero attached hydrogens (tertiary/aromatic N) is 2. The Bertz CT molecular complexity index is 857. The van der Waals surface area contributed by atoms with Gasteiger partial charge in [0, 0.05) is 6.42 Å². The maximum absolute atomic E-state index is 13.2. The Kier molecular flexibility index (Phi) is 3.90. The molecule has 1 heterocycles. The van der Waals surface area contributed by atoms with Crippen molar-refractivity contribution in [1.29, 1.82) is 5.26 Å². The molecule has 0 aromatic heterocycles. The zero-order valence-corrected chi connectivity index (χ0v) is 13.1. The van der Waals surface area contributed by atoms with Crippen LogP contribution in [0.3, 0.4) is 0 Å². The number of imide groups is 1. The highest BCUT2D eigenvalue weighted by atomic mass is 19.1. The maximum Gasteiger partial charge on any atom is 0.240 e. The van der Waals surface area contributed by atoms with Crippen LogP contribution in [0.1, 0.15) is 30.0 Å². The van der Waals surface area contributed by atoms with E-state index in [1.807, 2.05) is 36.4 Å². The fourth-order valence-corrected chi connectivity index (χ4v) is 3.04. The van der Waals surface area contributed by atoms with E-state index in [0.29, 0.717) is 5.56 Å². The molecular formula is C19H15FN2O2. The lowest BCUT2D eigenvalue weighted by Gasteiger charge is -2.23. The number of amides is 2. The standard InChI is InChI=1S/C19H15FN2O2/c1-19(15-5-3-2-4-6-15)10-17(23)22(18(19)24)12-13-7-8-16(20)9-14(13)11-21/h2-9H,10,12H2,1H3/t19-/m0/s1. The smallest absolute Gasteiger partial charge is 0.240 e. The van der Waals surface area contributed by atoms with Gasteiger partial charge in [0.1, 0.15) is 5.82 Å². The monoisotopic (exact) mass is 322 g/mol. The van der Waals surface area contributed by atoms with Crippen LogP contribution in [0.4, 0.5) is 4.39 Å². The summed E-state index contributed by atoms with van der Waals surface area (Å²) in [4.78, 5) is 26.4. The van der Waals surface area contributed by atoms with Crippen LogP contribution in [0.5, 0.6) is 0 Å². The Balaban J connectivity index is 1.93. The van der Waals surface area contributed by atoms with Crippen molar-refractivity contribution in [1.82, 2.24) is 4.90 Å². The fourth-order valence-electron chi connectivity index (χ4n) is 3.04. The van der Waals surface area contributed by atoms with Gasteiger partial charge in [-0.1, -0.05) is 36.4 Å². The summed E-state index contributed by atoms with van der Waals surface area (Å²) in [6, 6.07) is 14.8.